The molecule has 3 rings (SSSR count). The van der Waals surface area contributed by atoms with Crippen LogP contribution in [0.2, 0.25) is 0 Å². The molecule has 0 spiro atoms. The third-order valence-corrected chi connectivity index (χ3v) is 4.83. The number of aliphatic hydroxyl groups is 1. The molecule has 2 heterocycles. The van der Waals surface area contributed by atoms with E-state index in [9.17, 15) is 19.5 Å². The van der Waals surface area contributed by atoms with Crippen LogP contribution >= 0.6 is 22.6 Å². The molecule has 0 aliphatic carbocycles. The molecule has 28 heavy (non-hydrogen) atoms. The fraction of sp³-hybridized carbons (Fsp3) is 0.353. The standard InChI is InChI=1S/C17H21FIN5O4/c1-17(2,8-25)28-23-16(26)10-6-20-15-11(7-24(27)22-15)14(10)21-13-4-3-9(19)5-12(13)18/h3-5,20-22,25,27H,6-8H2,1-2H3,(H,23,26). The number of nitrogens with zero attached hydrogens (tertiary/aromatic N) is 1. The zero-order valence-corrected chi connectivity index (χ0v) is 17.4. The van der Waals surface area contributed by atoms with Gasteiger partial charge in [0, 0.05) is 15.7 Å². The number of hydrazine groups is 1. The van der Waals surface area contributed by atoms with E-state index in [0.717, 1.165) is 8.74 Å². The number of hydrogen-bond acceptors (Lipinski definition) is 8. The average Bonchev–Trinajstić information content (AvgIpc) is 3.03. The predicted molar refractivity (Wildman–Crippen MR) is 107 cm³/mol. The number of amides is 1. The van der Waals surface area contributed by atoms with Crippen LogP contribution in [0.4, 0.5) is 10.1 Å². The molecule has 0 aromatic heterocycles. The molecule has 1 amide bonds. The SMILES string of the molecule is CC(C)(CO)ONC(=O)C1=C(Nc2ccc(I)cc2F)C2=C(NC1)NN(O)C2. The molecule has 6 N–H and O–H groups in total. The molecule has 0 fully saturated rings. The van der Waals surface area contributed by atoms with Gasteiger partial charge >= 0.3 is 0 Å². The van der Waals surface area contributed by atoms with Gasteiger partial charge in [0.2, 0.25) is 0 Å². The topological polar surface area (TPSA) is 118 Å². The van der Waals surface area contributed by atoms with Gasteiger partial charge in [-0.05, 0) is 54.6 Å². The highest BCUT2D eigenvalue weighted by molar-refractivity contribution is 14.1. The molecule has 1 aromatic carbocycles. The van der Waals surface area contributed by atoms with Gasteiger partial charge in [0.25, 0.3) is 5.91 Å². The molecule has 0 radical (unpaired) electrons. The Hall–Kier alpha value is -1.93. The number of carbonyl (C=O) groups is 1. The van der Waals surface area contributed by atoms with Gasteiger partial charge in [-0.15, -0.1) is 0 Å². The molecular weight excluding hydrogens is 484 g/mol. The summed E-state index contributed by atoms with van der Waals surface area (Å²) >= 11 is 2.01. The zero-order valence-electron chi connectivity index (χ0n) is 15.3. The van der Waals surface area contributed by atoms with Crippen molar-refractivity contribution in [2.45, 2.75) is 19.4 Å². The molecule has 9 nitrogen and oxygen atoms in total. The van der Waals surface area contributed by atoms with E-state index in [1.54, 1.807) is 26.0 Å². The fourth-order valence-electron chi connectivity index (χ4n) is 2.61. The van der Waals surface area contributed by atoms with E-state index in [1.165, 1.54) is 6.07 Å². The number of aliphatic hydroxyl groups excluding tert-OH is 1. The van der Waals surface area contributed by atoms with E-state index in [2.05, 4.69) is 21.5 Å². The Morgan fingerprint density at radius 1 is 1.46 bits per heavy atom. The summed E-state index contributed by atoms with van der Waals surface area (Å²) in [6.07, 6.45) is 0. The number of nitrogens with one attached hydrogen (secondary N) is 4. The highest BCUT2D eigenvalue weighted by Gasteiger charge is 2.32. The minimum absolute atomic E-state index is 0.0798. The summed E-state index contributed by atoms with van der Waals surface area (Å²) in [5.74, 6) is -0.501. The van der Waals surface area contributed by atoms with Crippen molar-refractivity contribution in [1.82, 2.24) is 21.4 Å². The summed E-state index contributed by atoms with van der Waals surface area (Å²) < 4.78 is 15.1. The Bertz CT molecular complexity index is 858. The average molecular weight is 505 g/mol. The lowest BCUT2D eigenvalue weighted by atomic mass is 10.0. The Morgan fingerprint density at radius 3 is 2.89 bits per heavy atom. The van der Waals surface area contributed by atoms with Crippen molar-refractivity contribution in [3.8, 4) is 0 Å². The largest absolute Gasteiger partial charge is 0.393 e. The first kappa shape index (κ1) is 20.8. The lowest BCUT2D eigenvalue weighted by Crippen LogP contribution is -2.42. The summed E-state index contributed by atoms with van der Waals surface area (Å²) in [5.41, 5.74) is 5.47. The van der Waals surface area contributed by atoms with Crippen molar-refractivity contribution in [1.29, 1.82) is 0 Å². The van der Waals surface area contributed by atoms with E-state index >= 15 is 0 Å². The maximum Gasteiger partial charge on any atom is 0.274 e. The smallest absolute Gasteiger partial charge is 0.274 e. The number of rotatable bonds is 6. The predicted octanol–water partition coefficient (Wildman–Crippen LogP) is 0.939. The third kappa shape index (κ3) is 4.55. The van der Waals surface area contributed by atoms with Gasteiger partial charge in [0.05, 0.1) is 30.1 Å². The van der Waals surface area contributed by atoms with Crippen molar-refractivity contribution < 1.29 is 24.3 Å². The summed E-state index contributed by atoms with van der Waals surface area (Å²) in [6.45, 7) is 3.14. The number of hydrogen-bond donors (Lipinski definition) is 6. The molecule has 0 atom stereocenters. The van der Waals surface area contributed by atoms with Crippen LogP contribution in [0.25, 0.3) is 0 Å². The first-order valence-electron chi connectivity index (χ1n) is 8.45. The van der Waals surface area contributed by atoms with Crippen molar-refractivity contribution in [3.05, 3.63) is 50.3 Å². The van der Waals surface area contributed by atoms with Crippen molar-refractivity contribution >= 4 is 34.2 Å². The van der Waals surface area contributed by atoms with Crippen LogP contribution in [0, 0.1) is 9.39 Å². The number of dihydropyridines is 1. The van der Waals surface area contributed by atoms with Gasteiger partial charge < -0.3 is 15.7 Å². The number of benzene rings is 1. The Morgan fingerprint density at radius 2 is 2.21 bits per heavy atom. The minimum Gasteiger partial charge on any atom is -0.393 e. The molecule has 0 unspecified atom stereocenters. The molecule has 1 aromatic rings. The van der Waals surface area contributed by atoms with Gasteiger partial charge in [0.1, 0.15) is 17.2 Å². The van der Waals surface area contributed by atoms with Crippen LogP contribution in [-0.2, 0) is 9.63 Å². The van der Waals surface area contributed by atoms with Crippen molar-refractivity contribution in [2.75, 3.05) is 25.0 Å². The highest BCUT2D eigenvalue weighted by Crippen LogP contribution is 2.28. The van der Waals surface area contributed by atoms with Gasteiger partial charge in [-0.25, -0.2) is 9.87 Å². The van der Waals surface area contributed by atoms with Crippen molar-refractivity contribution in [3.63, 3.8) is 0 Å². The van der Waals surface area contributed by atoms with Gasteiger partial charge in [-0.3, -0.25) is 20.3 Å². The van der Waals surface area contributed by atoms with Crippen LogP contribution in [0.5, 0.6) is 0 Å². The molecule has 0 saturated carbocycles. The number of anilines is 1. The molecule has 0 saturated heterocycles. The van der Waals surface area contributed by atoms with Crippen LogP contribution < -0.4 is 21.5 Å². The molecule has 2 aliphatic heterocycles. The summed E-state index contributed by atoms with van der Waals surface area (Å²) in [5, 5.41) is 25.9. The van der Waals surface area contributed by atoms with E-state index in [-0.39, 0.29) is 31.0 Å². The van der Waals surface area contributed by atoms with E-state index < -0.39 is 17.3 Å². The molecular formula is C17H21FIN5O4. The summed E-state index contributed by atoms with van der Waals surface area (Å²) in [4.78, 5) is 18.0. The number of halogens is 2. The fourth-order valence-corrected chi connectivity index (χ4v) is 3.06. The van der Waals surface area contributed by atoms with Crippen LogP contribution in [0.3, 0.4) is 0 Å². The lowest BCUT2D eigenvalue weighted by molar-refractivity contribution is -0.149. The Balaban J connectivity index is 1.93. The van der Waals surface area contributed by atoms with E-state index in [4.69, 9.17) is 4.84 Å². The quantitative estimate of drug-likeness (QED) is 0.250. The van der Waals surface area contributed by atoms with Gasteiger partial charge in [-0.2, -0.15) is 0 Å². The normalized spacial score (nSPS) is 17.2. The monoisotopic (exact) mass is 505 g/mol. The van der Waals surface area contributed by atoms with Crippen LogP contribution in [0.15, 0.2) is 40.9 Å². The molecule has 11 heteroatoms. The Labute approximate surface area is 174 Å². The number of hydroxylamine groups is 2. The maximum absolute atomic E-state index is 14.4. The molecule has 152 valence electrons. The second kappa shape index (κ2) is 8.21. The first-order valence-corrected chi connectivity index (χ1v) is 9.53. The number of carbonyl (C=O) groups excluding carboxylic acids is 1. The second-order valence-electron chi connectivity index (χ2n) is 6.93. The summed E-state index contributed by atoms with van der Waals surface area (Å²) in [7, 11) is 0. The van der Waals surface area contributed by atoms with E-state index in [1.807, 2.05) is 22.6 Å². The first-order chi connectivity index (χ1) is 13.2. The lowest BCUT2D eigenvalue weighted by Gasteiger charge is -2.26. The van der Waals surface area contributed by atoms with E-state index in [0.29, 0.717) is 17.1 Å². The van der Waals surface area contributed by atoms with Crippen LogP contribution in [-0.4, -0.2) is 46.7 Å². The van der Waals surface area contributed by atoms with Crippen LogP contribution in [0.1, 0.15) is 13.8 Å². The van der Waals surface area contributed by atoms with Crippen molar-refractivity contribution in [2.24, 2.45) is 0 Å². The second-order valence-corrected chi connectivity index (χ2v) is 8.18. The highest BCUT2D eigenvalue weighted by atomic mass is 127. The summed E-state index contributed by atoms with van der Waals surface area (Å²) in [6, 6.07) is 4.69. The van der Waals surface area contributed by atoms with Gasteiger partial charge in [-0.1, -0.05) is 5.17 Å². The molecule has 0 bridgehead atoms. The van der Waals surface area contributed by atoms with Gasteiger partial charge in [0.15, 0.2) is 0 Å². The minimum atomic E-state index is -0.963. The Kier molecular flexibility index (Phi) is 6.09. The maximum atomic E-state index is 14.4. The third-order valence-electron chi connectivity index (χ3n) is 4.16. The molecule has 2 aliphatic rings. The zero-order chi connectivity index (χ0) is 20.5.